The average Bonchev–Trinajstić information content (AvgIpc) is 2.38. The number of halogens is 2. The van der Waals surface area contributed by atoms with Gasteiger partial charge in [-0.2, -0.15) is 0 Å². The maximum atomic E-state index is 11.8. The molecular weight excluding hydrogens is 317 g/mol. The van der Waals surface area contributed by atoms with Crippen molar-refractivity contribution in [3.63, 3.8) is 0 Å². The predicted octanol–water partition coefficient (Wildman–Crippen LogP) is 3.90. The molecule has 0 radical (unpaired) electrons. The summed E-state index contributed by atoms with van der Waals surface area (Å²) in [4.78, 5) is 19.9. The van der Waals surface area contributed by atoms with E-state index >= 15 is 0 Å². The molecule has 1 aromatic carbocycles. The van der Waals surface area contributed by atoms with Crippen LogP contribution < -0.4 is 5.32 Å². The molecule has 1 aromatic heterocycles. The second-order valence-corrected chi connectivity index (χ2v) is 5.77. The molecular formula is C13H11Cl2N3OS. The smallest absolute Gasteiger partial charge is 0.225 e. The largest absolute Gasteiger partial charge is 0.326 e. The Hall–Kier alpha value is -1.30. The number of nitrogens with zero attached hydrogens (tertiary/aromatic N) is 2. The third-order valence-electron chi connectivity index (χ3n) is 2.25. The maximum absolute atomic E-state index is 11.8. The standard InChI is InChI=1S/C13H11Cl2N3OS/c14-9-6-10(15)8-11(7-9)18-12(19)2-5-20-13-16-3-1-4-17-13/h1,3-4,6-8H,2,5H2,(H,18,19). The van der Waals surface area contributed by atoms with E-state index in [0.29, 0.717) is 33.1 Å². The Bertz CT molecular complexity index is 575. The number of carbonyl (C=O) groups is 1. The summed E-state index contributed by atoms with van der Waals surface area (Å²) in [5.41, 5.74) is 0.591. The van der Waals surface area contributed by atoms with Gasteiger partial charge in [0, 0.05) is 40.3 Å². The number of aromatic nitrogens is 2. The van der Waals surface area contributed by atoms with E-state index in [9.17, 15) is 4.79 Å². The minimum Gasteiger partial charge on any atom is -0.326 e. The van der Waals surface area contributed by atoms with Crippen LogP contribution in [0.15, 0.2) is 41.8 Å². The predicted molar refractivity (Wildman–Crippen MR) is 82.5 cm³/mol. The Labute approximate surface area is 130 Å². The molecule has 0 fully saturated rings. The summed E-state index contributed by atoms with van der Waals surface area (Å²) in [5.74, 6) is 0.496. The first-order valence-corrected chi connectivity index (χ1v) is 7.53. The lowest BCUT2D eigenvalue weighted by atomic mass is 10.3. The molecule has 0 aliphatic carbocycles. The van der Waals surface area contributed by atoms with Gasteiger partial charge >= 0.3 is 0 Å². The summed E-state index contributed by atoms with van der Waals surface area (Å²) in [7, 11) is 0. The fraction of sp³-hybridized carbons (Fsp3) is 0.154. The summed E-state index contributed by atoms with van der Waals surface area (Å²) >= 11 is 13.2. The number of amides is 1. The lowest BCUT2D eigenvalue weighted by Gasteiger charge is -2.06. The molecule has 104 valence electrons. The van der Waals surface area contributed by atoms with Crippen LogP contribution in [0.4, 0.5) is 5.69 Å². The Kier molecular flexibility index (Phi) is 5.64. The quantitative estimate of drug-likeness (QED) is 0.668. The van der Waals surface area contributed by atoms with Crippen molar-refractivity contribution in [2.24, 2.45) is 0 Å². The first-order valence-electron chi connectivity index (χ1n) is 5.79. The highest BCUT2D eigenvalue weighted by Crippen LogP contribution is 2.22. The van der Waals surface area contributed by atoms with Gasteiger partial charge < -0.3 is 5.32 Å². The van der Waals surface area contributed by atoms with Crippen molar-refractivity contribution in [2.75, 3.05) is 11.1 Å². The van der Waals surface area contributed by atoms with Gasteiger partial charge in [-0.25, -0.2) is 9.97 Å². The fourth-order valence-corrected chi connectivity index (χ4v) is 2.71. The average molecular weight is 328 g/mol. The minimum absolute atomic E-state index is 0.105. The summed E-state index contributed by atoms with van der Waals surface area (Å²) in [6.07, 6.45) is 3.69. The molecule has 1 N–H and O–H groups in total. The number of anilines is 1. The van der Waals surface area contributed by atoms with E-state index in [-0.39, 0.29) is 5.91 Å². The number of thioether (sulfide) groups is 1. The van der Waals surface area contributed by atoms with Crippen LogP contribution in [0.3, 0.4) is 0 Å². The van der Waals surface area contributed by atoms with Gasteiger partial charge in [0.05, 0.1) is 0 Å². The van der Waals surface area contributed by atoms with Gasteiger partial charge in [0.15, 0.2) is 5.16 Å². The van der Waals surface area contributed by atoms with Crippen molar-refractivity contribution in [3.05, 3.63) is 46.7 Å². The van der Waals surface area contributed by atoms with Gasteiger partial charge in [0.2, 0.25) is 5.91 Å². The molecule has 0 saturated heterocycles. The third kappa shape index (κ3) is 5.00. The Morgan fingerprint density at radius 3 is 2.45 bits per heavy atom. The monoisotopic (exact) mass is 327 g/mol. The molecule has 0 saturated carbocycles. The molecule has 0 unspecified atom stereocenters. The molecule has 2 rings (SSSR count). The SMILES string of the molecule is O=C(CCSc1ncccn1)Nc1cc(Cl)cc(Cl)c1. The van der Waals surface area contributed by atoms with E-state index < -0.39 is 0 Å². The highest BCUT2D eigenvalue weighted by molar-refractivity contribution is 7.99. The molecule has 1 amide bonds. The number of benzene rings is 1. The summed E-state index contributed by atoms with van der Waals surface area (Å²) in [6.45, 7) is 0. The zero-order valence-corrected chi connectivity index (χ0v) is 12.7. The van der Waals surface area contributed by atoms with E-state index in [0.717, 1.165) is 0 Å². The van der Waals surface area contributed by atoms with E-state index in [1.165, 1.54) is 11.8 Å². The van der Waals surface area contributed by atoms with Crippen molar-refractivity contribution < 1.29 is 4.79 Å². The van der Waals surface area contributed by atoms with Gasteiger partial charge in [0.25, 0.3) is 0 Å². The second-order valence-electron chi connectivity index (χ2n) is 3.84. The van der Waals surface area contributed by atoms with E-state index in [4.69, 9.17) is 23.2 Å². The summed E-state index contributed by atoms with van der Waals surface area (Å²) < 4.78 is 0. The molecule has 0 aliphatic rings. The Morgan fingerprint density at radius 1 is 1.15 bits per heavy atom. The second kappa shape index (κ2) is 7.47. The Morgan fingerprint density at radius 2 is 1.80 bits per heavy atom. The molecule has 0 atom stereocenters. The van der Waals surface area contributed by atoms with Crippen molar-refractivity contribution in [3.8, 4) is 0 Å². The van der Waals surface area contributed by atoms with Crippen LogP contribution >= 0.6 is 35.0 Å². The van der Waals surface area contributed by atoms with Crippen LogP contribution in [0, 0.1) is 0 Å². The highest BCUT2D eigenvalue weighted by atomic mass is 35.5. The molecule has 7 heteroatoms. The fourth-order valence-electron chi connectivity index (χ4n) is 1.44. The number of nitrogens with one attached hydrogen (secondary N) is 1. The number of carbonyl (C=O) groups excluding carboxylic acids is 1. The summed E-state index contributed by atoms with van der Waals surface area (Å²) in [6, 6.07) is 6.67. The number of hydrogen-bond acceptors (Lipinski definition) is 4. The van der Waals surface area contributed by atoms with Crippen molar-refractivity contribution in [2.45, 2.75) is 11.6 Å². The van der Waals surface area contributed by atoms with Crippen LogP contribution in [0.25, 0.3) is 0 Å². The topological polar surface area (TPSA) is 54.9 Å². The van der Waals surface area contributed by atoms with E-state index in [1.54, 1.807) is 36.7 Å². The first-order chi connectivity index (χ1) is 9.63. The first kappa shape index (κ1) is 15.1. The van der Waals surface area contributed by atoms with E-state index in [2.05, 4.69) is 15.3 Å². The van der Waals surface area contributed by atoms with Crippen molar-refractivity contribution >= 4 is 46.6 Å². The molecule has 0 spiro atoms. The molecule has 2 aromatic rings. The minimum atomic E-state index is -0.105. The van der Waals surface area contributed by atoms with Crippen molar-refractivity contribution in [1.29, 1.82) is 0 Å². The van der Waals surface area contributed by atoms with Crippen LogP contribution in [-0.4, -0.2) is 21.6 Å². The zero-order chi connectivity index (χ0) is 14.4. The lowest BCUT2D eigenvalue weighted by molar-refractivity contribution is -0.115. The summed E-state index contributed by atoms with van der Waals surface area (Å²) in [5, 5.41) is 4.38. The van der Waals surface area contributed by atoms with Gasteiger partial charge in [-0.05, 0) is 24.3 Å². The maximum Gasteiger partial charge on any atom is 0.225 e. The Balaban J connectivity index is 1.81. The molecule has 0 bridgehead atoms. The van der Waals surface area contributed by atoms with Gasteiger partial charge in [-0.1, -0.05) is 35.0 Å². The zero-order valence-electron chi connectivity index (χ0n) is 10.3. The highest BCUT2D eigenvalue weighted by Gasteiger charge is 2.05. The van der Waals surface area contributed by atoms with Crippen LogP contribution in [0.2, 0.25) is 10.0 Å². The molecule has 1 heterocycles. The molecule has 0 aliphatic heterocycles. The van der Waals surface area contributed by atoms with Gasteiger partial charge in [-0.3, -0.25) is 4.79 Å². The van der Waals surface area contributed by atoms with Crippen molar-refractivity contribution in [1.82, 2.24) is 9.97 Å². The van der Waals surface area contributed by atoms with Crippen LogP contribution in [0.5, 0.6) is 0 Å². The van der Waals surface area contributed by atoms with Crippen LogP contribution in [0.1, 0.15) is 6.42 Å². The number of hydrogen-bond donors (Lipinski definition) is 1. The molecule has 20 heavy (non-hydrogen) atoms. The van der Waals surface area contributed by atoms with E-state index in [1.807, 2.05) is 0 Å². The lowest BCUT2D eigenvalue weighted by Crippen LogP contribution is -2.12. The third-order valence-corrected chi connectivity index (χ3v) is 3.56. The number of rotatable bonds is 5. The van der Waals surface area contributed by atoms with Gasteiger partial charge in [-0.15, -0.1) is 0 Å². The van der Waals surface area contributed by atoms with Gasteiger partial charge in [0.1, 0.15) is 0 Å². The normalized spacial score (nSPS) is 10.3. The van der Waals surface area contributed by atoms with Crippen LogP contribution in [-0.2, 0) is 4.79 Å². The molecule has 4 nitrogen and oxygen atoms in total.